The van der Waals surface area contributed by atoms with Crippen molar-refractivity contribution < 1.29 is 9.50 Å². The Morgan fingerprint density at radius 3 is 2.94 bits per heavy atom. The van der Waals surface area contributed by atoms with E-state index in [4.69, 9.17) is 11.6 Å². The van der Waals surface area contributed by atoms with E-state index < -0.39 is 11.6 Å². The summed E-state index contributed by atoms with van der Waals surface area (Å²) in [5.41, 5.74) is 1.46. The SMILES string of the molecule is Oc1c(Cl)ccc(-c2ccn3ncnc3c2)c1F. The molecule has 3 rings (SSSR count). The molecule has 0 spiro atoms. The van der Waals surface area contributed by atoms with Crippen molar-refractivity contribution in [2.75, 3.05) is 0 Å². The van der Waals surface area contributed by atoms with E-state index in [1.165, 1.54) is 18.5 Å². The van der Waals surface area contributed by atoms with Crippen LogP contribution in [0.1, 0.15) is 0 Å². The van der Waals surface area contributed by atoms with Gasteiger partial charge in [-0.25, -0.2) is 13.9 Å². The number of hydrogen-bond donors (Lipinski definition) is 1. The number of aromatic nitrogens is 3. The molecule has 0 aliphatic rings. The van der Waals surface area contributed by atoms with Crippen molar-refractivity contribution in [3.63, 3.8) is 0 Å². The number of aromatic hydroxyl groups is 1. The molecule has 0 aliphatic carbocycles. The molecule has 0 bridgehead atoms. The summed E-state index contributed by atoms with van der Waals surface area (Å²) >= 11 is 5.63. The lowest BCUT2D eigenvalue weighted by atomic mass is 10.1. The third kappa shape index (κ3) is 1.60. The summed E-state index contributed by atoms with van der Waals surface area (Å²) in [5, 5.41) is 13.4. The number of fused-ring (bicyclic) bond motifs is 1. The van der Waals surface area contributed by atoms with E-state index in [1.54, 1.807) is 22.8 Å². The van der Waals surface area contributed by atoms with Gasteiger partial charge in [0.25, 0.3) is 0 Å². The van der Waals surface area contributed by atoms with Crippen molar-refractivity contribution in [2.45, 2.75) is 0 Å². The number of halogens is 2. The number of benzene rings is 1. The number of phenolic OH excluding ortho intramolecular Hbond substituents is 1. The zero-order valence-corrected chi connectivity index (χ0v) is 9.76. The lowest BCUT2D eigenvalue weighted by molar-refractivity contribution is 0.434. The molecule has 18 heavy (non-hydrogen) atoms. The van der Waals surface area contributed by atoms with Gasteiger partial charge in [0.2, 0.25) is 0 Å². The van der Waals surface area contributed by atoms with Crippen molar-refractivity contribution in [2.24, 2.45) is 0 Å². The molecule has 0 saturated heterocycles. The molecule has 4 nitrogen and oxygen atoms in total. The highest BCUT2D eigenvalue weighted by molar-refractivity contribution is 6.32. The quantitative estimate of drug-likeness (QED) is 0.734. The fourth-order valence-corrected chi connectivity index (χ4v) is 1.89. The second-order valence-corrected chi connectivity index (χ2v) is 4.14. The smallest absolute Gasteiger partial charge is 0.174 e. The first-order chi connectivity index (χ1) is 8.66. The normalized spacial score (nSPS) is 11.0. The zero-order valence-electron chi connectivity index (χ0n) is 9.01. The molecule has 0 radical (unpaired) electrons. The minimum atomic E-state index is -0.744. The summed E-state index contributed by atoms with van der Waals surface area (Å²) in [6.45, 7) is 0. The molecule has 2 aromatic heterocycles. The summed E-state index contributed by atoms with van der Waals surface area (Å²) in [5.74, 6) is -1.29. The molecule has 0 fully saturated rings. The van der Waals surface area contributed by atoms with Gasteiger partial charge in [0.1, 0.15) is 6.33 Å². The second kappa shape index (κ2) is 3.96. The van der Waals surface area contributed by atoms with E-state index in [0.29, 0.717) is 11.2 Å². The first-order valence-electron chi connectivity index (χ1n) is 5.13. The van der Waals surface area contributed by atoms with Gasteiger partial charge in [-0.3, -0.25) is 0 Å². The maximum Gasteiger partial charge on any atom is 0.174 e. The monoisotopic (exact) mass is 263 g/mol. The standard InChI is InChI=1S/C12H7ClFN3O/c13-9-2-1-8(11(14)12(9)18)7-3-4-17-10(5-7)15-6-16-17/h1-6,18H. The lowest BCUT2D eigenvalue weighted by Crippen LogP contribution is -1.90. The summed E-state index contributed by atoms with van der Waals surface area (Å²) in [7, 11) is 0. The molecule has 3 aromatic rings. The third-order valence-corrected chi connectivity index (χ3v) is 2.96. The van der Waals surface area contributed by atoms with Crippen molar-refractivity contribution in [1.82, 2.24) is 14.6 Å². The highest BCUT2D eigenvalue weighted by Crippen LogP contribution is 2.34. The topological polar surface area (TPSA) is 50.4 Å². The van der Waals surface area contributed by atoms with E-state index in [1.807, 2.05) is 0 Å². The Balaban J connectivity index is 2.22. The number of nitrogens with zero attached hydrogens (tertiary/aromatic N) is 3. The molecular formula is C12H7ClFN3O. The van der Waals surface area contributed by atoms with Crippen LogP contribution in [0.4, 0.5) is 4.39 Å². The van der Waals surface area contributed by atoms with Crippen LogP contribution in [-0.4, -0.2) is 19.7 Å². The molecule has 1 aromatic carbocycles. The molecule has 0 unspecified atom stereocenters. The van der Waals surface area contributed by atoms with Crippen LogP contribution >= 0.6 is 11.6 Å². The van der Waals surface area contributed by atoms with Crippen LogP contribution in [-0.2, 0) is 0 Å². The molecule has 2 heterocycles. The maximum absolute atomic E-state index is 13.9. The van der Waals surface area contributed by atoms with Gasteiger partial charge in [0.05, 0.1) is 5.02 Å². The van der Waals surface area contributed by atoms with Crippen LogP contribution in [0.5, 0.6) is 5.75 Å². The minimum Gasteiger partial charge on any atom is -0.504 e. The Bertz CT molecular complexity index is 741. The average Bonchev–Trinajstić information content (AvgIpc) is 2.83. The summed E-state index contributed by atoms with van der Waals surface area (Å²) in [6.07, 6.45) is 3.08. The molecule has 6 heteroatoms. The van der Waals surface area contributed by atoms with E-state index in [-0.39, 0.29) is 10.6 Å². The summed E-state index contributed by atoms with van der Waals surface area (Å²) in [4.78, 5) is 4.02. The molecule has 0 saturated carbocycles. The van der Waals surface area contributed by atoms with Crippen molar-refractivity contribution in [3.8, 4) is 16.9 Å². The highest BCUT2D eigenvalue weighted by Gasteiger charge is 2.13. The number of hydrogen-bond acceptors (Lipinski definition) is 3. The van der Waals surface area contributed by atoms with Crippen LogP contribution in [0.15, 0.2) is 36.8 Å². The van der Waals surface area contributed by atoms with E-state index in [9.17, 15) is 9.50 Å². The van der Waals surface area contributed by atoms with Gasteiger partial charge < -0.3 is 5.11 Å². The second-order valence-electron chi connectivity index (χ2n) is 3.74. The van der Waals surface area contributed by atoms with Crippen molar-refractivity contribution >= 4 is 17.2 Å². The fourth-order valence-electron chi connectivity index (χ4n) is 1.75. The number of phenols is 1. The first-order valence-corrected chi connectivity index (χ1v) is 5.51. The Morgan fingerprint density at radius 2 is 2.11 bits per heavy atom. The van der Waals surface area contributed by atoms with E-state index in [2.05, 4.69) is 10.1 Å². The largest absolute Gasteiger partial charge is 0.504 e. The lowest BCUT2D eigenvalue weighted by Gasteiger charge is -2.06. The Morgan fingerprint density at radius 1 is 1.28 bits per heavy atom. The Hall–Kier alpha value is -2.14. The predicted octanol–water partition coefficient (Wildman–Crippen LogP) is 2.89. The van der Waals surface area contributed by atoms with Gasteiger partial charge in [-0.2, -0.15) is 5.10 Å². The van der Waals surface area contributed by atoms with E-state index in [0.717, 1.165) is 0 Å². The van der Waals surface area contributed by atoms with Gasteiger partial charge >= 0.3 is 0 Å². The summed E-state index contributed by atoms with van der Waals surface area (Å²) < 4.78 is 15.5. The van der Waals surface area contributed by atoms with Gasteiger partial charge in [0.15, 0.2) is 17.2 Å². The van der Waals surface area contributed by atoms with E-state index >= 15 is 0 Å². The predicted molar refractivity (Wildman–Crippen MR) is 65.1 cm³/mol. The first kappa shape index (κ1) is 11.0. The highest BCUT2D eigenvalue weighted by atomic mass is 35.5. The van der Waals surface area contributed by atoms with Crippen LogP contribution in [0.25, 0.3) is 16.8 Å². The molecular weight excluding hydrogens is 257 g/mol. The number of rotatable bonds is 1. The van der Waals surface area contributed by atoms with Crippen LogP contribution in [0, 0.1) is 5.82 Å². The maximum atomic E-state index is 13.9. The Labute approximate surface area is 106 Å². The zero-order chi connectivity index (χ0) is 12.7. The van der Waals surface area contributed by atoms with Crippen LogP contribution < -0.4 is 0 Å². The van der Waals surface area contributed by atoms with Crippen LogP contribution in [0.3, 0.4) is 0 Å². The van der Waals surface area contributed by atoms with Crippen molar-refractivity contribution in [1.29, 1.82) is 0 Å². The van der Waals surface area contributed by atoms with Gasteiger partial charge in [-0.1, -0.05) is 11.6 Å². The van der Waals surface area contributed by atoms with Gasteiger partial charge in [0, 0.05) is 11.8 Å². The van der Waals surface area contributed by atoms with Crippen LogP contribution in [0.2, 0.25) is 5.02 Å². The fraction of sp³-hybridized carbons (Fsp3) is 0. The average molecular weight is 264 g/mol. The molecule has 90 valence electrons. The van der Waals surface area contributed by atoms with Gasteiger partial charge in [-0.15, -0.1) is 0 Å². The number of pyridine rings is 1. The molecule has 0 atom stereocenters. The molecule has 0 amide bonds. The minimum absolute atomic E-state index is 0.0141. The molecule has 1 N–H and O–H groups in total. The Kier molecular flexibility index (Phi) is 2.41. The molecule has 0 aliphatic heterocycles. The third-order valence-electron chi connectivity index (χ3n) is 2.66. The summed E-state index contributed by atoms with van der Waals surface area (Å²) in [6, 6.07) is 6.33. The van der Waals surface area contributed by atoms with Gasteiger partial charge in [-0.05, 0) is 29.8 Å². The van der Waals surface area contributed by atoms with Crippen molar-refractivity contribution in [3.05, 3.63) is 47.6 Å².